The van der Waals surface area contributed by atoms with Crippen LogP contribution in [0.2, 0.25) is 0 Å². The molecule has 0 atom stereocenters. The van der Waals surface area contributed by atoms with Crippen LogP contribution in [0.4, 0.5) is 16.2 Å². The Morgan fingerprint density at radius 3 is 2.44 bits per heavy atom. The zero-order chi connectivity index (χ0) is 28.1. The van der Waals surface area contributed by atoms with Gasteiger partial charge in [-0.05, 0) is 48.5 Å². The van der Waals surface area contributed by atoms with Crippen molar-refractivity contribution in [3.8, 4) is 17.2 Å². The molecule has 0 unspecified atom stereocenters. The van der Waals surface area contributed by atoms with Crippen molar-refractivity contribution in [2.24, 2.45) is 0 Å². The lowest BCUT2D eigenvalue weighted by molar-refractivity contribution is -0.394. The van der Waals surface area contributed by atoms with Crippen LogP contribution in [0.1, 0.15) is 12.5 Å². The molecule has 2 aromatic carbocycles. The van der Waals surface area contributed by atoms with Crippen molar-refractivity contribution in [2.75, 3.05) is 39.5 Å². The molecule has 2 fully saturated rings. The summed E-state index contributed by atoms with van der Waals surface area (Å²) in [6.45, 7) is 3.13. The topological polar surface area (TPSA) is 172 Å². The highest BCUT2D eigenvalue weighted by atomic mass is 32.2. The van der Waals surface area contributed by atoms with Gasteiger partial charge in [0.05, 0.1) is 40.6 Å². The maximum Gasteiger partial charge on any atom is 0.318 e. The van der Waals surface area contributed by atoms with E-state index in [-0.39, 0.29) is 41.2 Å². The predicted molar refractivity (Wildman–Crippen MR) is 138 cm³/mol. The van der Waals surface area contributed by atoms with Crippen LogP contribution in [-0.2, 0) is 14.3 Å². The molecule has 2 aliphatic heterocycles. The Morgan fingerprint density at radius 1 is 1.05 bits per heavy atom. The average molecular weight is 559 g/mol. The van der Waals surface area contributed by atoms with E-state index in [0.717, 1.165) is 23.1 Å². The number of rotatable bonds is 9. The second-order valence-corrected chi connectivity index (χ2v) is 9.16. The molecular weight excluding hydrogens is 536 g/mol. The summed E-state index contributed by atoms with van der Waals surface area (Å²) in [6.07, 6.45) is 1.46. The van der Waals surface area contributed by atoms with Crippen molar-refractivity contribution in [3.05, 3.63) is 67.1 Å². The van der Waals surface area contributed by atoms with Gasteiger partial charge >= 0.3 is 5.69 Å². The third-order valence-corrected chi connectivity index (χ3v) is 6.57. The van der Waals surface area contributed by atoms with Gasteiger partial charge in [0.1, 0.15) is 6.54 Å². The first-order valence-electron chi connectivity index (χ1n) is 11.7. The number of nitro benzene ring substituents is 2. The molecule has 2 saturated heterocycles. The number of amides is 3. The molecule has 0 aromatic heterocycles. The molecule has 39 heavy (non-hydrogen) atoms. The number of carbonyl (C=O) groups excluding carboxylic acids is 3. The zero-order valence-corrected chi connectivity index (χ0v) is 21.4. The maximum absolute atomic E-state index is 12.9. The summed E-state index contributed by atoms with van der Waals surface area (Å²) in [4.78, 5) is 61.3. The molecule has 15 heteroatoms. The summed E-state index contributed by atoms with van der Waals surface area (Å²) in [5, 5.41) is 21.9. The van der Waals surface area contributed by atoms with Crippen molar-refractivity contribution in [3.63, 3.8) is 0 Å². The zero-order valence-electron chi connectivity index (χ0n) is 20.6. The van der Waals surface area contributed by atoms with E-state index in [1.165, 1.54) is 18.2 Å². The molecule has 0 bridgehead atoms. The van der Waals surface area contributed by atoms with E-state index >= 15 is 0 Å². The molecule has 2 aliphatic rings. The van der Waals surface area contributed by atoms with Crippen molar-refractivity contribution in [2.45, 2.75) is 6.92 Å². The van der Waals surface area contributed by atoms with Gasteiger partial charge in [-0.3, -0.25) is 39.5 Å². The van der Waals surface area contributed by atoms with Crippen LogP contribution < -0.4 is 9.47 Å². The minimum absolute atomic E-state index is 0.0927. The lowest BCUT2D eigenvalue weighted by Crippen LogP contribution is -2.46. The summed E-state index contributed by atoms with van der Waals surface area (Å²) < 4.78 is 16.5. The van der Waals surface area contributed by atoms with E-state index in [1.54, 1.807) is 17.9 Å². The Labute approximate surface area is 225 Å². The lowest BCUT2D eigenvalue weighted by Gasteiger charge is -2.28. The van der Waals surface area contributed by atoms with Crippen LogP contribution in [-0.4, -0.2) is 76.2 Å². The minimum atomic E-state index is -0.795. The van der Waals surface area contributed by atoms with Gasteiger partial charge in [-0.15, -0.1) is 0 Å². The van der Waals surface area contributed by atoms with Crippen LogP contribution in [0, 0.1) is 20.2 Å². The number of hydrogen-bond donors (Lipinski definition) is 0. The third kappa shape index (κ3) is 6.32. The van der Waals surface area contributed by atoms with Gasteiger partial charge in [-0.2, -0.15) is 0 Å². The number of carbonyl (C=O) groups is 3. The molecule has 0 aliphatic carbocycles. The van der Waals surface area contributed by atoms with E-state index in [0.29, 0.717) is 43.6 Å². The molecule has 204 valence electrons. The Kier molecular flexibility index (Phi) is 8.41. The number of benzene rings is 2. The standard InChI is InChI=1S/C24H22N4O10S/c1-2-37-20-11-15(3-5-19(20)38-18-6-4-16(27(32)33)13-17(18)28(34)35)12-21-23(30)26(24(31)39-21)14-22(29)25-7-9-36-10-8-25/h3-6,11-13H,2,7-10,14H2,1H3/b21-12-. The van der Waals surface area contributed by atoms with Crippen LogP contribution in [0.3, 0.4) is 0 Å². The Hall–Kier alpha value is -4.50. The number of non-ortho nitro benzene ring substituents is 1. The molecule has 2 aromatic rings. The number of ether oxygens (including phenoxy) is 3. The lowest BCUT2D eigenvalue weighted by atomic mass is 10.1. The number of nitrogens with zero attached hydrogens (tertiary/aromatic N) is 4. The van der Waals surface area contributed by atoms with Crippen molar-refractivity contribution in [1.82, 2.24) is 9.80 Å². The second-order valence-electron chi connectivity index (χ2n) is 8.17. The smallest absolute Gasteiger partial charge is 0.318 e. The fourth-order valence-corrected chi connectivity index (χ4v) is 4.61. The SMILES string of the molecule is CCOc1cc(/C=C2\SC(=O)N(CC(=O)N3CCOCC3)C2=O)ccc1Oc1ccc([N+](=O)[O-])cc1[N+](=O)[O-]. The van der Waals surface area contributed by atoms with Gasteiger partial charge in [0.2, 0.25) is 11.7 Å². The van der Waals surface area contributed by atoms with E-state index in [2.05, 4.69) is 0 Å². The summed E-state index contributed by atoms with van der Waals surface area (Å²) in [6, 6.07) is 7.51. The fraction of sp³-hybridized carbons (Fsp3) is 0.292. The fourth-order valence-electron chi connectivity index (χ4n) is 3.77. The van der Waals surface area contributed by atoms with Gasteiger partial charge in [-0.1, -0.05) is 6.07 Å². The Morgan fingerprint density at radius 2 is 1.77 bits per heavy atom. The number of hydrogen-bond acceptors (Lipinski definition) is 11. The number of nitro groups is 2. The molecule has 14 nitrogen and oxygen atoms in total. The number of imide groups is 1. The highest BCUT2D eigenvalue weighted by Crippen LogP contribution is 2.39. The molecule has 0 radical (unpaired) electrons. The minimum Gasteiger partial charge on any atom is -0.490 e. The first-order valence-corrected chi connectivity index (χ1v) is 12.5. The van der Waals surface area contributed by atoms with Crippen molar-refractivity contribution >= 4 is 46.3 Å². The molecule has 3 amide bonds. The van der Waals surface area contributed by atoms with Crippen molar-refractivity contribution in [1.29, 1.82) is 0 Å². The number of morpholine rings is 1. The van der Waals surface area contributed by atoms with Gasteiger partial charge in [-0.25, -0.2) is 0 Å². The van der Waals surface area contributed by atoms with Crippen LogP contribution >= 0.6 is 11.8 Å². The maximum atomic E-state index is 12.9. The Balaban J connectivity index is 1.55. The highest BCUT2D eigenvalue weighted by Gasteiger charge is 2.37. The van der Waals surface area contributed by atoms with E-state index in [1.807, 2.05) is 0 Å². The molecule has 4 rings (SSSR count). The summed E-state index contributed by atoms with van der Waals surface area (Å²) in [5.41, 5.74) is -0.597. The second kappa shape index (κ2) is 11.9. The highest BCUT2D eigenvalue weighted by molar-refractivity contribution is 8.18. The monoisotopic (exact) mass is 558 g/mol. The number of thioether (sulfide) groups is 1. The van der Waals surface area contributed by atoms with E-state index < -0.39 is 32.4 Å². The molecule has 0 saturated carbocycles. The quantitative estimate of drug-likeness (QED) is 0.250. The summed E-state index contributed by atoms with van der Waals surface area (Å²) >= 11 is 0.701. The van der Waals surface area contributed by atoms with E-state index in [9.17, 15) is 34.6 Å². The Bertz CT molecular complexity index is 1370. The molecular formula is C24H22N4O10S. The summed E-state index contributed by atoms with van der Waals surface area (Å²) in [5.74, 6) is -0.908. The normalized spacial score (nSPS) is 16.5. The molecule has 0 spiro atoms. The molecule has 2 heterocycles. The predicted octanol–water partition coefficient (Wildman–Crippen LogP) is 3.59. The van der Waals surface area contributed by atoms with E-state index in [4.69, 9.17) is 14.2 Å². The van der Waals surface area contributed by atoms with Gasteiger partial charge in [0, 0.05) is 19.2 Å². The van der Waals surface area contributed by atoms with Crippen LogP contribution in [0.15, 0.2) is 41.3 Å². The van der Waals surface area contributed by atoms with Crippen molar-refractivity contribution < 1.29 is 38.4 Å². The largest absolute Gasteiger partial charge is 0.490 e. The molecule has 0 N–H and O–H groups in total. The average Bonchev–Trinajstić information content (AvgIpc) is 3.17. The van der Waals surface area contributed by atoms with Gasteiger partial charge in [0.25, 0.3) is 16.8 Å². The van der Waals surface area contributed by atoms with Crippen LogP contribution in [0.5, 0.6) is 17.2 Å². The van der Waals surface area contributed by atoms with Gasteiger partial charge in [0.15, 0.2) is 11.5 Å². The van der Waals surface area contributed by atoms with Gasteiger partial charge < -0.3 is 19.1 Å². The third-order valence-electron chi connectivity index (χ3n) is 5.67. The summed E-state index contributed by atoms with van der Waals surface area (Å²) in [7, 11) is 0. The van der Waals surface area contributed by atoms with Crippen LogP contribution in [0.25, 0.3) is 6.08 Å². The first-order chi connectivity index (χ1) is 18.7. The first kappa shape index (κ1) is 27.5.